The molecule has 3 heterocycles. The van der Waals surface area contributed by atoms with Crippen molar-refractivity contribution in [2.24, 2.45) is 5.92 Å². The van der Waals surface area contributed by atoms with Crippen LogP contribution in [0.1, 0.15) is 43.4 Å². The van der Waals surface area contributed by atoms with Gasteiger partial charge in [0.25, 0.3) is 0 Å². The Bertz CT molecular complexity index is 764. The molecule has 0 aliphatic heterocycles. The highest BCUT2D eigenvalue weighted by Crippen LogP contribution is 2.32. The molecule has 1 aliphatic rings. The molecule has 3 aromatic heterocycles. The van der Waals surface area contributed by atoms with Crippen LogP contribution < -0.4 is 0 Å². The number of nitrogens with zero attached hydrogens (tertiary/aromatic N) is 2. The van der Waals surface area contributed by atoms with Gasteiger partial charge in [0.15, 0.2) is 5.76 Å². The number of aryl methyl sites for hydroxylation is 1. The van der Waals surface area contributed by atoms with Crippen LogP contribution in [0.4, 0.5) is 0 Å². The van der Waals surface area contributed by atoms with Gasteiger partial charge in [0, 0.05) is 6.20 Å². The average molecular weight is 294 g/mol. The minimum absolute atomic E-state index is 0.780. The summed E-state index contributed by atoms with van der Waals surface area (Å²) >= 11 is 0. The summed E-state index contributed by atoms with van der Waals surface area (Å²) in [5, 5.41) is 0. The van der Waals surface area contributed by atoms with Crippen molar-refractivity contribution in [2.45, 2.75) is 45.4 Å². The van der Waals surface area contributed by atoms with E-state index in [1.54, 1.807) is 6.26 Å². The Morgan fingerprint density at radius 1 is 1.18 bits per heavy atom. The van der Waals surface area contributed by atoms with Crippen molar-refractivity contribution in [3.05, 3.63) is 48.0 Å². The van der Waals surface area contributed by atoms with E-state index in [2.05, 4.69) is 29.7 Å². The maximum Gasteiger partial charge on any atom is 0.154 e. The van der Waals surface area contributed by atoms with Crippen molar-refractivity contribution in [1.82, 2.24) is 9.38 Å². The van der Waals surface area contributed by atoms with Gasteiger partial charge in [-0.2, -0.15) is 0 Å². The number of fused-ring (bicyclic) bond motifs is 1. The van der Waals surface area contributed by atoms with E-state index in [0.29, 0.717) is 0 Å². The standard InChI is InChI=1S/C19H22N2O/c1-14-9-10-18-20-19(17-8-5-11-22-17)16(21(18)13-14)12-15-6-3-2-4-7-15/h5,8-11,13,15H,2-4,6-7,12H2,1H3. The maximum atomic E-state index is 5.63. The number of rotatable bonds is 3. The molecule has 114 valence electrons. The zero-order valence-corrected chi connectivity index (χ0v) is 13.1. The lowest BCUT2D eigenvalue weighted by Gasteiger charge is -2.21. The first-order valence-corrected chi connectivity index (χ1v) is 8.33. The first-order chi connectivity index (χ1) is 10.8. The van der Waals surface area contributed by atoms with Crippen LogP contribution >= 0.6 is 0 Å². The number of furan rings is 1. The fourth-order valence-corrected chi connectivity index (χ4v) is 3.67. The molecule has 0 spiro atoms. The molecule has 0 bridgehead atoms. The lowest BCUT2D eigenvalue weighted by Crippen LogP contribution is -2.11. The average Bonchev–Trinajstić information content (AvgIpc) is 3.17. The second kappa shape index (κ2) is 5.64. The van der Waals surface area contributed by atoms with E-state index < -0.39 is 0 Å². The molecule has 22 heavy (non-hydrogen) atoms. The molecule has 4 rings (SSSR count). The zero-order chi connectivity index (χ0) is 14.9. The van der Waals surface area contributed by atoms with Gasteiger partial charge in [-0.15, -0.1) is 0 Å². The second-order valence-electron chi connectivity index (χ2n) is 6.53. The Labute approximate surface area is 131 Å². The van der Waals surface area contributed by atoms with E-state index in [0.717, 1.165) is 29.4 Å². The molecule has 3 nitrogen and oxygen atoms in total. The van der Waals surface area contributed by atoms with E-state index in [9.17, 15) is 0 Å². The quantitative estimate of drug-likeness (QED) is 0.678. The number of imidazole rings is 1. The highest BCUT2D eigenvalue weighted by molar-refractivity contribution is 5.62. The summed E-state index contributed by atoms with van der Waals surface area (Å²) in [6.45, 7) is 2.14. The third kappa shape index (κ3) is 2.45. The van der Waals surface area contributed by atoms with Gasteiger partial charge in [0.05, 0.1) is 12.0 Å². The number of hydrogen-bond acceptors (Lipinski definition) is 2. The molecule has 0 radical (unpaired) electrons. The fourth-order valence-electron chi connectivity index (χ4n) is 3.67. The van der Waals surface area contributed by atoms with E-state index in [1.165, 1.54) is 43.4 Å². The van der Waals surface area contributed by atoms with Crippen molar-refractivity contribution < 1.29 is 4.42 Å². The largest absolute Gasteiger partial charge is 0.463 e. The van der Waals surface area contributed by atoms with E-state index in [1.807, 2.05) is 12.1 Å². The summed E-state index contributed by atoms with van der Waals surface area (Å²) < 4.78 is 7.90. The predicted molar refractivity (Wildman–Crippen MR) is 87.9 cm³/mol. The summed E-state index contributed by atoms with van der Waals surface area (Å²) in [5.41, 5.74) is 4.60. The highest BCUT2D eigenvalue weighted by atomic mass is 16.3. The van der Waals surface area contributed by atoms with E-state index >= 15 is 0 Å². The molecule has 0 N–H and O–H groups in total. The molecular weight excluding hydrogens is 272 g/mol. The summed E-state index contributed by atoms with van der Waals surface area (Å²) in [6, 6.07) is 8.18. The smallest absolute Gasteiger partial charge is 0.154 e. The molecule has 1 saturated carbocycles. The number of aromatic nitrogens is 2. The minimum atomic E-state index is 0.780. The molecule has 0 atom stereocenters. The number of hydrogen-bond donors (Lipinski definition) is 0. The van der Waals surface area contributed by atoms with Gasteiger partial charge in [-0.25, -0.2) is 4.98 Å². The summed E-state index contributed by atoms with van der Waals surface area (Å²) in [5.74, 6) is 1.66. The molecule has 1 fully saturated rings. The molecule has 1 aliphatic carbocycles. The van der Waals surface area contributed by atoms with Crippen molar-refractivity contribution in [3.63, 3.8) is 0 Å². The van der Waals surface area contributed by atoms with Crippen LogP contribution in [0.2, 0.25) is 0 Å². The van der Waals surface area contributed by atoms with Gasteiger partial charge in [-0.05, 0) is 43.0 Å². The van der Waals surface area contributed by atoms with E-state index in [-0.39, 0.29) is 0 Å². The first-order valence-electron chi connectivity index (χ1n) is 8.33. The van der Waals surface area contributed by atoms with Gasteiger partial charge >= 0.3 is 0 Å². The monoisotopic (exact) mass is 294 g/mol. The van der Waals surface area contributed by atoms with Gasteiger partial charge in [0.2, 0.25) is 0 Å². The lowest BCUT2D eigenvalue weighted by molar-refractivity contribution is 0.354. The summed E-state index contributed by atoms with van der Waals surface area (Å²) in [4.78, 5) is 4.83. The van der Waals surface area contributed by atoms with Crippen LogP contribution in [0, 0.1) is 12.8 Å². The first kappa shape index (κ1) is 13.6. The molecule has 3 aromatic rings. The topological polar surface area (TPSA) is 30.4 Å². The molecule has 0 aromatic carbocycles. The Hall–Kier alpha value is -2.03. The van der Waals surface area contributed by atoms with Gasteiger partial charge in [-0.1, -0.05) is 38.2 Å². The van der Waals surface area contributed by atoms with Crippen LogP contribution in [0.15, 0.2) is 41.1 Å². The van der Waals surface area contributed by atoms with Crippen molar-refractivity contribution in [2.75, 3.05) is 0 Å². The molecule has 0 amide bonds. The summed E-state index contributed by atoms with van der Waals surface area (Å²) in [6.07, 6.45) is 11.9. The zero-order valence-electron chi connectivity index (χ0n) is 13.1. The molecule has 0 unspecified atom stereocenters. The van der Waals surface area contributed by atoms with Crippen molar-refractivity contribution in [3.8, 4) is 11.5 Å². The minimum Gasteiger partial charge on any atom is -0.463 e. The maximum absolute atomic E-state index is 5.63. The summed E-state index contributed by atoms with van der Waals surface area (Å²) in [7, 11) is 0. The lowest BCUT2D eigenvalue weighted by atomic mass is 9.85. The van der Waals surface area contributed by atoms with Crippen molar-refractivity contribution >= 4 is 5.65 Å². The Morgan fingerprint density at radius 2 is 2.05 bits per heavy atom. The van der Waals surface area contributed by atoms with Crippen LogP contribution in [0.5, 0.6) is 0 Å². The van der Waals surface area contributed by atoms with Crippen LogP contribution in [0.25, 0.3) is 17.1 Å². The Kier molecular flexibility index (Phi) is 3.49. The van der Waals surface area contributed by atoms with Gasteiger partial charge in [0.1, 0.15) is 11.3 Å². The van der Waals surface area contributed by atoms with Crippen LogP contribution in [0.3, 0.4) is 0 Å². The predicted octanol–water partition coefficient (Wildman–Crippen LogP) is 5.03. The molecule has 0 saturated heterocycles. The second-order valence-corrected chi connectivity index (χ2v) is 6.53. The molecular formula is C19H22N2O. The number of pyridine rings is 1. The third-order valence-corrected chi connectivity index (χ3v) is 4.83. The van der Waals surface area contributed by atoms with Crippen molar-refractivity contribution in [1.29, 1.82) is 0 Å². The van der Waals surface area contributed by atoms with Gasteiger partial charge in [-0.3, -0.25) is 0 Å². The fraction of sp³-hybridized carbons (Fsp3) is 0.421. The molecule has 3 heteroatoms. The Morgan fingerprint density at radius 3 is 2.82 bits per heavy atom. The van der Waals surface area contributed by atoms with Crippen LogP contribution in [-0.2, 0) is 6.42 Å². The normalized spacial score (nSPS) is 16.4. The van der Waals surface area contributed by atoms with Gasteiger partial charge < -0.3 is 8.82 Å². The highest BCUT2D eigenvalue weighted by Gasteiger charge is 2.21. The Balaban J connectivity index is 1.81. The van der Waals surface area contributed by atoms with E-state index in [4.69, 9.17) is 9.40 Å². The van der Waals surface area contributed by atoms with Crippen LogP contribution in [-0.4, -0.2) is 9.38 Å². The third-order valence-electron chi connectivity index (χ3n) is 4.83. The SMILES string of the molecule is Cc1ccc2nc(-c3ccco3)c(CC3CCCCC3)n2c1.